The molecule has 1 aliphatic heterocycles. The van der Waals surface area contributed by atoms with E-state index in [1.54, 1.807) is 19.1 Å². The first-order chi connectivity index (χ1) is 11.0. The van der Waals surface area contributed by atoms with E-state index < -0.39 is 0 Å². The Hall–Kier alpha value is -0.940. The highest BCUT2D eigenvalue weighted by molar-refractivity contribution is 6.30. The Morgan fingerprint density at radius 2 is 1.65 bits per heavy atom. The molecule has 0 aliphatic carbocycles. The number of rotatable bonds is 4. The maximum Gasteiger partial charge on any atom is 0.134 e. The largest absolute Gasteiger partial charge is 0.395 e. The lowest BCUT2D eigenvalue weighted by Crippen LogP contribution is -2.45. The summed E-state index contributed by atoms with van der Waals surface area (Å²) in [6.45, 7) is 11.2. The standard InChI is InChI=1S/C9H9ClO.C7H16N2O.C2H6/c1-7(11)6-8-2-4-9(10)5-3-8;1-8-2-4-9(5-3-8)6-7-10;1-2/h2-5H,6H2,1H3;10H,2-7H2,1H3;1-2H3. The van der Waals surface area contributed by atoms with Crippen LogP contribution in [0.15, 0.2) is 24.3 Å². The van der Waals surface area contributed by atoms with Crippen molar-refractivity contribution in [2.24, 2.45) is 0 Å². The van der Waals surface area contributed by atoms with Crippen LogP contribution in [0.2, 0.25) is 5.02 Å². The van der Waals surface area contributed by atoms with E-state index in [1.165, 1.54) is 0 Å². The Balaban J connectivity index is 0.000000381. The summed E-state index contributed by atoms with van der Waals surface area (Å²) < 4.78 is 0. The Morgan fingerprint density at radius 3 is 2.09 bits per heavy atom. The SMILES string of the molecule is CC.CC(=O)Cc1ccc(Cl)cc1.CN1CCN(CCO)CC1. The average molecular weight is 343 g/mol. The number of nitrogens with zero attached hydrogens (tertiary/aromatic N) is 2. The third-order valence-corrected chi connectivity index (χ3v) is 3.63. The van der Waals surface area contributed by atoms with Gasteiger partial charge in [0.05, 0.1) is 6.61 Å². The quantitative estimate of drug-likeness (QED) is 0.913. The molecule has 1 aliphatic rings. The molecule has 0 amide bonds. The molecule has 5 heteroatoms. The van der Waals surface area contributed by atoms with Gasteiger partial charge in [-0.15, -0.1) is 0 Å². The smallest absolute Gasteiger partial charge is 0.134 e. The molecular formula is C18H31ClN2O2. The summed E-state index contributed by atoms with van der Waals surface area (Å²) in [4.78, 5) is 15.3. The summed E-state index contributed by atoms with van der Waals surface area (Å²) in [7, 11) is 2.14. The fraction of sp³-hybridized carbons (Fsp3) is 0.611. The van der Waals surface area contributed by atoms with Gasteiger partial charge in [0.15, 0.2) is 0 Å². The minimum atomic E-state index is 0.173. The Morgan fingerprint density at radius 1 is 1.13 bits per heavy atom. The number of piperazine rings is 1. The van der Waals surface area contributed by atoms with E-state index >= 15 is 0 Å². The molecule has 0 bridgehead atoms. The van der Waals surface area contributed by atoms with Crippen LogP contribution in [0.4, 0.5) is 0 Å². The van der Waals surface area contributed by atoms with Crippen LogP contribution >= 0.6 is 11.6 Å². The molecule has 0 saturated carbocycles. The number of Topliss-reactive ketones (excluding diaryl/α,β-unsaturated/α-hetero) is 1. The van der Waals surface area contributed by atoms with Gasteiger partial charge in [-0.05, 0) is 31.7 Å². The third kappa shape index (κ3) is 11.3. The summed E-state index contributed by atoms with van der Waals surface area (Å²) in [5, 5.41) is 9.33. The normalized spacial score (nSPS) is 15.0. The number of hydrogen-bond donors (Lipinski definition) is 1. The lowest BCUT2D eigenvalue weighted by atomic mass is 10.1. The van der Waals surface area contributed by atoms with Crippen molar-refractivity contribution >= 4 is 17.4 Å². The summed E-state index contributed by atoms with van der Waals surface area (Å²) >= 11 is 5.66. The van der Waals surface area contributed by atoms with E-state index in [1.807, 2.05) is 26.0 Å². The molecule has 2 rings (SSSR count). The van der Waals surface area contributed by atoms with Gasteiger partial charge in [-0.3, -0.25) is 9.69 Å². The molecule has 0 spiro atoms. The second-order valence-corrected chi connectivity index (χ2v) is 5.81. The van der Waals surface area contributed by atoms with Gasteiger partial charge in [-0.25, -0.2) is 0 Å². The average Bonchev–Trinajstić information content (AvgIpc) is 2.54. The monoisotopic (exact) mass is 342 g/mol. The zero-order chi connectivity index (χ0) is 17.7. The van der Waals surface area contributed by atoms with Crippen LogP contribution in [-0.2, 0) is 11.2 Å². The summed E-state index contributed by atoms with van der Waals surface area (Å²) in [6.07, 6.45) is 0.497. The molecule has 0 atom stereocenters. The number of hydrogen-bond acceptors (Lipinski definition) is 4. The van der Waals surface area contributed by atoms with Crippen molar-refractivity contribution in [2.45, 2.75) is 27.2 Å². The number of aliphatic hydroxyl groups excluding tert-OH is 1. The lowest BCUT2D eigenvalue weighted by molar-refractivity contribution is -0.116. The summed E-state index contributed by atoms with van der Waals surface area (Å²) in [5.74, 6) is 0.173. The Labute approximate surface area is 146 Å². The molecule has 1 saturated heterocycles. The van der Waals surface area contributed by atoms with Crippen molar-refractivity contribution in [3.8, 4) is 0 Å². The molecule has 4 nitrogen and oxygen atoms in total. The lowest BCUT2D eigenvalue weighted by Gasteiger charge is -2.31. The maximum absolute atomic E-state index is 10.7. The zero-order valence-corrected chi connectivity index (χ0v) is 15.6. The number of carbonyl (C=O) groups excluding carboxylic acids is 1. The number of carbonyl (C=O) groups is 1. The molecule has 0 aromatic heterocycles. The van der Waals surface area contributed by atoms with Gasteiger partial charge in [0.1, 0.15) is 5.78 Å². The topological polar surface area (TPSA) is 43.8 Å². The number of aliphatic hydroxyl groups is 1. The minimum Gasteiger partial charge on any atom is -0.395 e. The van der Waals surface area contributed by atoms with E-state index in [-0.39, 0.29) is 5.78 Å². The Kier molecular flexibility index (Phi) is 12.9. The highest BCUT2D eigenvalue weighted by Gasteiger charge is 2.11. The predicted molar refractivity (Wildman–Crippen MR) is 98.2 cm³/mol. The molecule has 1 heterocycles. The molecule has 1 N–H and O–H groups in total. The maximum atomic E-state index is 10.7. The van der Waals surface area contributed by atoms with E-state index in [0.29, 0.717) is 18.1 Å². The van der Waals surface area contributed by atoms with Gasteiger partial charge >= 0.3 is 0 Å². The highest BCUT2D eigenvalue weighted by Crippen LogP contribution is 2.09. The predicted octanol–water partition coefficient (Wildman–Crippen LogP) is 2.72. The van der Waals surface area contributed by atoms with Crippen molar-refractivity contribution in [1.82, 2.24) is 9.80 Å². The molecule has 0 unspecified atom stereocenters. The molecular weight excluding hydrogens is 312 g/mol. The number of benzene rings is 1. The van der Waals surface area contributed by atoms with Crippen molar-refractivity contribution < 1.29 is 9.90 Å². The third-order valence-electron chi connectivity index (χ3n) is 3.38. The fourth-order valence-electron chi connectivity index (χ4n) is 2.10. The molecule has 1 aromatic carbocycles. The second kappa shape index (κ2) is 13.5. The van der Waals surface area contributed by atoms with Gasteiger partial charge in [-0.1, -0.05) is 37.6 Å². The van der Waals surface area contributed by atoms with Crippen LogP contribution in [0.5, 0.6) is 0 Å². The molecule has 23 heavy (non-hydrogen) atoms. The van der Waals surface area contributed by atoms with Gasteiger partial charge in [0, 0.05) is 44.2 Å². The molecule has 1 aromatic rings. The van der Waals surface area contributed by atoms with Crippen LogP contribution < -0.4 is 0 Å². The molecule has 1 fully saturated rings. The number of β-amino-alcohol motifs (C(OH)–C–C–N with tert-alkyl or cyclic N) is 1. The zero-order valence-electron chi connectivity index (χ0n) is 14.9. The van der Waals surface area contributed by atoms with Crippen LogP contribution in [0.3, 0.4) is 0 Å². The van der Waals surface area contributed by atoms with Crippen LogP contribution in [-0.4, -0.2) is 67.1 Å². The minimum absolute atomic E-state index is 0.173. The van der Waals surface area contributed by atoms with Crippen LogP contribution in [0, 0.1) is 0 Å². The van der Waals surface area contributed by atoms with Gasteiger partial charge in [0.2, 0.25) is 0 Å². The van der Waals surface area contributed by atoms with Gasteiger partial charge in [0.25, 0.3) is 0 Å². The van der Waals surface area contributed by atoms with E-state index in [0.717, 1.165) is 38.3 Å². The number of halogens is 1. The number of ketones is 1. The van der Waals surface area contributed by atoms with E-state index in [9.17, 15) is 4.79 Å². The van der Waals surface area contributed by atoms with Crippen LogP contribution in [0.25, 0.3) is 0 Å². The second-order valence-electron chi connectivity index (χ2n) is 5.37. The van der Waals surface area contributed by atoms with Crippen molar-refractivity contribution in [1.29, 1.82) is 0 Å². The summed E-state index contributed by atoms with van der Waals surface area (Å²) in [5.41, 5.74) is 1.02. The first-order valence-electron chi connectivity index (χ1n) is 8.27. The first-order valence-corrected chi connectivity index (χ1v) is 8.64. The van der Waals surface area contributed by atoms with E-state index in [2.05, 4.69) is 16.8 Å². The van der Waals surface area contributed by atoms with Crippen molar-refractivity contribution in [3.63, 3.8) is 0 Å². The fourth-order valence-corrected chi connectivity index (χ4v) is 2.23. The molecule has 132 valence electrons. The van der Waals surface area contributed by atoms with Crippen molar-refractivity contribution in [2.75, 3.05) is 46.4 Å². The first kappa shape index (κ1) is 22.1. The van der Waals surface area contributed by atoms with Gasteiger partial charge < -0.3 is 10.0 Å². The Bertz CT molecular complexity index is 416. The van der Waals surface area contributed by atoms with Crippen molar-refractivity contribution in [3.05, 3.63) is 34.9 Å². The van der Waals surface area contributed by atoms with Crippen LogP contribution in [0.1, 0.15) is 26.3 Å². The molecule has 0 radical (unpaired) electrons. The van der Waals surface area contributed by atoms with E-state index in [4.69, 9.17) is 16.7 Å². The number of likely N-dealkylation sites (N-methyl/N-ethyl adjacent to an activating group) is 1. The highest BCUT2D eigenvalue weighted by atomic mass is 35.5. The summed E-state index contributed by atoms with van der Waals surface area (Å²) in [6, 6.07) is 7.31. The van der Waals surface area contributed by atoms with Gasteiger partial charge in [-0.2, -0.15) is 0 Å².